The third kappa shape index (κ3) is 5.57. The van der Waals surface area contributed by atoms with E-state index in [-0.39, 0.29) is 17.7 Å². The topological polar surface area (TPSA) is 69.0 Å². The Bertz CT molecular complexity index is 1060. The van der Waals surface area contributed by atoms with Crippen LogP contribution >= 0.6 is 0 Å². The van der Waals surface area contributed by atoms with Crippen molar-refractivity contribution in [1.29, 1.82) is 0 Å². The number of pyridine rings is 1. The Hall–Kier alpha value is -3.03. The molecule has 1 aliphatic rings. The lowest BCUT2D eigenvalue weighted by Gasteiger charge is -2.14. The minimum Gasteiger partial charge on any atom is -0.433 e. The van der Waals surface area contributed by atoms with Crippen molar-refractivity contribution in [1.82, 2.24) is 19.9 Å². The summed E-state index contributed by atoms with van der Waals surface area (Å²) in [7, 11) is 0. The van der Waals surface area contributed by atoms with Crippen LogP contribution in [0.3, 0.4) is 0 Å². The molecular formula is C23H26F2N4O2. The molecule has 4 rings (SSSR count). The van der Waals surface area contributed by atoms with Crippen LogP contribution in [-0.2, 0) is 17.8 Å². The monoisotopic (exact) mass is 428 g/mol. The molecule has 0 spiro atoms. The standard InChI is InChI=1S/C23H26F2N4O2/c1-15(17-7-8-17)27-21(30)12-11-20-28-19-4-3-13-26-22(19)29(20)14-16-5-9-18(10-6-16)31-23(2,24)25/h3-6,9-10,13,15,17H,7-8,11-12,14H2,1-2H3,(H,27,30)/t15-/m0/s1. The Morgan fingerprint density at radius 2 is 2.03 bits per heavy atom. The molecule has 1 N–H and O–H groups in total. The number of aromatic nitrogens is 3. The summed E-state index contributed by atoms with van der Waals surface area (Å²) in [5.41, 5.74) is 2.38. The molecule has 31 heavy (non-hydrogen) atoms. The first-order valence-electron chi connectivity index (χ1n) is 10.5. The number of ether oxygens (including phenoxy) is 1. The molecule has 1 saturated carbocycles. The van der Waals surface area contributed by atoms with E-state index in [1.54, 1.807) is 18.3 Å². The van der Waals surface area contributed by atoms with Gasteiger partial charge in [0.15, 0.2) is 5.65 Å². The van der Waals surface area contributed by atoms with E-state index in [1.165, 1.54) is 25.0 Å². The lowest BCUT2D eigenvalue weighted by Crippen LogP contribution is -2.34. The van der Waals surface area contributed by atoms with Crippen LogP contribution in [0.2, 0.25) is 0 Å². The summed E-state index contributed by atoms with van der Waals surface area (Å²) < 4.78 is 32.6. The molecule has 0 aliphatic heterocycles. The van der Waals surface area contributed by atoms with Crippen LogP contribution in [0, 0.1) is 5.92 Å². The maximum Gasteiger partial charge on any atom is 0.394 e. The highest BCUT2D eigenvalue weighted by Crippen LogP contribution is 2.32. The number of fused-ring (bicyclic) bond motifs is 1. The zero-order valence-electron chi connectivity index (χ0n) is 17.6. The molecule has 1 atom stereocenters. The van der Waals surface area contributed by atoms with Crippen LogP contribution in [-0.4, -0.2) is 32.6 Å². The Labute approximate surface area is 179 Å². The Balaban J connectivity index is 1.49. The van der Waals surface area contributed by atoms with Gasteiger partial charge in [-0.25, -0.2) is 9.97 Å². The fourth-order valence-electron chi connectivity index (χ4n) is 3.68. The number of halogens is 2. The average molecular weight is 428 g/mol. The quantitative estimate of drug-likeness (QED) is 0.551. The average Bonchev–Trinajstić information content (AvgIpc) is 3.51. The van der Waals surface area contributed by atoms with Gasteiger partial charge in [0.1, 0.15) is 17.1 Å². The van der Waals surface area contributed by atoms with Gasteiger partial charge in [0.05, 0.1) is 6.54 Å². The third-order valence-corrected chi connectivity index (χ3v) is 5.44. The van der Waals surface area contributed by atoms with Gasteiger partial charge < -0.3 is 14.6 Å². The molecule has 0 radical (unpaired) electrons. The van der Waals surface area contributed by atoms with Crippen molar-refractivity contribution in [2.75, 3.05) is 0 Å². The van der Waals surface area contributed by atoms with Crippen molar-refractivity contribution >= 4 is 17.1 Å². The molecule has 1 amide bonds. The molecule has 1 aliphatic carbocycles. The predicted octanol–water partition coefficient (Wildman–Crippen LogP) is 4.32. The number of carbonyl (C=O) groups excluding carboxylic acids is 1. The van der Waals surface area contributed by atoms with Gasteiger partial charge >= 0.3 is 6.11 Å². The summed E-state index contributed by atoms with van der Waals surface area (Å²) in [4.78, 5) is 21.5. The van der Waals surface area contributed by atoms with Gasteiger partial charge in [-0.15, -0.1) is 0 Å². The molecule has 8 heteroatoms. The number of rotatable bonds is 9. The molecule has 2 heterocycles. The zero-order valence-corrected chi connectivity index (χ0v) is 17.6. The highest BCUT2D eigenvalue weighted by Gasteiger charge is 2.29. The van der Waals surface area contributed by atoms with Crippen LogP contribution < -0.4 is 10.1 Å². The predicted molar refractivity (Wildman–Crippen MR) is 113 cm³/mol. The summed E-state index contributed by atoms with van der Waals surface area (Å²) in [5, 5.41) is 3.07. The SMILES string of the molecule is C[C@H](NC(=O)CCc1nc2cccnc2n1Cc1ccc(OC(C)(F)F)cc1)C1CC1. The third-order valence-electron chi connectivity index (χ3n) is 5.44. The number of amides is 1. The second-order valence-electron chi connectivity index (χ2n) is 8.21. The molecule has 6 nitrogen and oxygen atoms in total. The molecular weight excluding hydrogens is 402 g/mol. The molecule has 0 bridgehead atoms. The van der Waals surface area contributed by atoms with E-state index in [4.69, 9.17) is 0 Å². The Kier molecular flexibility index (Phi) is 5.89. The van der Waals surface area contributed by atoms with Gasteiger partial charge in [-0.3, -0.25) is 4.79 Å². The van der Waals surface area contributed by atoms with Crippen LogP contribution in [0.25, 0.3) is 11.2 Å². The van der Waals surface area contributed by atoms with Gasteiger partial charge in [0.25, 0.3) is 0 Å². The molecule has 164 valence electrons. The molecule has 0 saturated heterocycles. The van der Waals surface area contributed by atoms with Gasteiger partial charge in [-0.2, -0.15) is 8.78 Å². The van der Waals surface area contributed by atoms with Gasteiger partial charge in [0, 0.05) is 32.0 Å². The number of hydrogen-bond donors (Lipinski definition) is 1. The van der Waals surface area contributed by atoms with Crippen molar-refractivity contribution in [2.24, 2.45) is 5.92 Å². The molecule has 0 unspecified atom stereocenters. The van der Waals surface area contributed by atoms with Crippen molar-refractivity contribution in [2.45, 2.75) is 58.2 Å². The summed E-state index contributed by atoms with van der Waals surface area (Å²) in [6, 6.07) is 10.4. The molecule has 1 fully saturated rings. The van der Waals surface area contributed by atoms with Crippen molar-refractivity contribution in [3.8, 4) is 5.75 Å². The molecule has 2 aromatic heterocycles. The zero-order chi connectivity index (χ0) is 22.0. The van der Waals surface area contributed by atoms with Gasteiger partial charge in [-0.1, -0.05) is 12.1 Å². The van der Waals surface area contributed by atoms with E-state index in [1.807, 2.05) is 16.7 Å². The fraction of sp³-hybridized carbons (Fsp3) is 0.435. The number of hydrogen-bond acceptors (Lipinski definition) is 4. The Morgan fingerprint density at radius 3 is 2.71 bits per heavy atom. The van der Waals surface area contributed by atoms with Crippen molar-refractivity contribution in [3.05, 3.63) is 54.0 Å². The number of nitrogens with zero attached hydrogens (tertiary/aromatic N) is 3. The van der Waals surface area contributed by atoms with E-state index < -0.39 is 6.11 Å². The van der Waals surface area contributed by atoms with Crippen LogP contribution in [0.5, 0.6) is 5.75 Å². The minimum atomic E-state index is -3.23. The number of alkyl halides is 2. The number of aryl methyl sites for hydroxylation is 1. The lowest BCUT2D eigenvalue weighted by atomic mass is 10.2. The van der Waals surface area contributed by atoms with Gasteiger partial charge in [0.2, 0.25) is 5.91 Å². The van der Waals surface area contributed by atoms with Crippen molar-refractivity contribution < 1.29 is 18.3 Å². The van der Waals surface area contributed by atoms with E-state index >= 15 is 0 Å². The highest BCUT2D eigenvalue weighted by atomic mass is 19.3. The first kappa shape index (κ1) is 21.2. The second kappa shape index (κ2) is 8.61. The fourth-order valence-corrected chi connectivity index (χ4v) is 3.68. The number of carbonyl (C=O) groups is 1. The van der Waals surface area contributed by atoms with E-state index in [9.17, 15) is 13.6 Å². The molecule has 1 aromatic carbocycles. The van der Waals surface area contributed by atoms with Crippen LogP contribution in [0.15, 0.2) is 42.6 Å². The smallest absolute Gasteiger partial charge is 0.394 e. The van der Waals surface area contributed by atoms with E-state index in [0.29, 0.717) is 32.2 Å². The maximum absolute atomic E-state index is 13.0. The molecule has 3 aromatic rings. The van der Waals surface area contributed by atoms with E-state index in [2.05, 4.69) is 26.9 Å². The highest BCUT2D eigenvalue weighted by molar-refractivity contribution is 5.77. The number of imidazole rings is 1. The van der Waals surface area contributed by atoms with Crippen LogP contribution in [0.1, 0.15) is 44.5 Å². The first-order valence-corrected chi connectivity index (χ1v) is 10.5. The Morgan fingerprint density at radius 1 is 1.29 bits per heavy atom. The second-order valence-corrected chi connectivity index (χ2v) is 8.21. The van der Waals surface area contributed by atoms with Gasteiger partial charge in [-0.05, 0) is 55.5 Å². The normalized spacial score (nSPS) is 15.1. The maximum atomic E-state index is 13.0. The summed E-state index contributed by atoms with van der Waals surface area (Å²) in [5.74, 6) is 1.50. The first-order chi connectivity index (χ1) is 14.8. The lowest BCUT2D eigenvalue weighted by molar-refractivity contribution is -0.158. The summed E-state index contributed by atoms with van der Waals surface area (Å²) in [6.45, 7) is 3.22. The number of nitrogens with one attached hydrogen (secondary N) is 1. The summed E-state index contributed by atoms with van der Waals surface area (Å²) >= 11 is 0. The van der Waals surface area contributed by atoms with Crippen LogP contribution in [0.4, 0.5) is 8.78 Å². The largest absolute Gasteiger partial charge is 0.433 e. The summed E-state index contributed by atoms with van der Waals surface area (Å²) in [6.07, 6.45) is 1.68. The van der Waals surface area contributed by atoms with Crippen molar-refractivity contribution in [3.63, 3.8) is 0 Å². The number of benzene rings is 1. The minimum absolute atomic E-state index is 0.0213. The van der Waals surface area contributed by atoms with E-state index in [0.717, 1.165) is 22.6 Å².